The average Bonchev–Trinajstić information content (AvgIpc) is 3.36. The van der Waals surface area contributed by atoms with E-state index in [0.717, 1.165) is 31.0 Å². The molecule has 0 aliphatic heterocycles. The monoisotopic (exact) mass is 351 g/mol. The van der Waals surface area contributed by atoms with Crippen molar-refractivity contribution < 1.29 is 4.42 Å². The zero-order valence-corrected chi connectivity index (χ0v) is 15.4. The highest BCUT2D eigenvalue weighted by Crippen LogP contribution is 2.28. The Bertz CT molecular complexity index is 868. The van der Waals surface area contributed by atoms with Gasteiger partial charge in [0.25, 0.3) is 0 Å². The summed E-state index contributed by atoms with van der Waals surface area (Å²) in [7, 11) is 0. The van der Waals surface area contributed by atoms with Gasteiger partial charge in [-0.1, -0.05) is 18.2 Å². The molecule has 2 heterocycles. The third-order valence-electron chi connectivity index (χ3n) is 5.17. The number of nitrogens with one attached hydrogen (secondary N) is 1. The third kappa shape index (κ3) is 3.85. The van der Waals surface area contributed by atoms with Gasteiger partial charge in [0.1, 0.15) is 0 Å². The number of hydrogen-bond donors (Lipinski definition) is 1. The highest BCUT2D eigenvalue weighted by molar-refractivity contribution is 5.39. The number of nitrogens with zero attached hydrogens (tertiary/aromatic N) is 4. The van der Waals surface area contributed by atoms with Crippen LogP contribution < -0.4 is 5.32 Å². The van der Waals surface area contributed by atoms with Crippen molar-refractivity contribution >= 4 is 0 Å². The van der Waals surface area contributed by atoms with Crippen molar-refractivity contribution in [3.05, 3.63) is 59.6 Å². The van der Waals surface area contributed by atoms with Gasteiger partial charge in [-0.3, -0.25) is 0 Å². The van der Waals surface area contributed by atoms with E-state index in [0.29, 0.717) is 17.9 Å². The van der Waals surface area contributed by atoms with E-state index in [-0.39, 0.29) is 0 Å². The Balaban J connectivity index is 1.29. The predicted octanol–water partition coefficient (Wildman–Crippen LogP) is 3.37. The highest BCUT2D eigenvalue weighted by Gasteiger charge is 2.26. The van der Waals surface area contributed by atoms with Crippen LogP contribution in [0.15, 0.2) is 41.1 Å². The topological polar surface area (TPSA) is 68.8 Å². The van der Waals surface area contributed by atoms with Gasteiger partial charge in [0, 0.05) is 37.7 Å². The predicted molar refractivity (Wildman–Crippen MR) is 99.0 cm³/mol. The van der Waals surface area contributed by atoms with Crippen molar-refractivity contribution in [1.29, 1.82) is 0 Å². The van der Waals surface area contributed by atoms with E-state index >= 15 is 0 Å². The van der Waals surface area contributed by atoms with Gasteiger partial charge in [0.15, 0.2) is 0 Å². The van der Waals surface area contributed by atoms with Crippen LogP contribution in [0.4, 0.5) is 0 Å². The normalized spacial score (nSPS) is 19.9. The van der Waals surface area contributed by atoms with E-state index in [4.69, 9.17) is 4.42 Å². The van der Waals surface area contributed by atoms with Crippen molar-refractivity contribution in [3.63, 3.8) is 0 Å². The van der Waals surface area contributed by atoms with Gasteiger partial charge in [-0.15, -0.1) is 10.2 Å². The lowest BCUT2D eigenvalue weighted by atomic mass is 10.0. The van der Waals surface area contributed by atoms with Crippen LogP contribution in [-0.2, 0) is 13.0 Å². The largest absolute Gasteiger partial charge is 0.426 e. The lowest BCUT2D eigenvalue weighted by Crippen LogP contribution is -2.25. The van der Waals surface area contributed by atoms with Gasteiger partial charge in [0.2, 0.25) is 11.8 Å². The Labute approximate surface area is 153 Å². The molecule has 1 N–H and O–H groups in total. The maximum atomic E-state index is 5.51. The number of hydrogen-bond acceptors (Lipinski definition) is 5. The van der Waals surface area contributed by atoms with E-state index in [1.807, 2.05) is 23.9 Å². The minimum absolute atomic E-state index is 0.547. The fraction of sp³-hybridized carbons (Fsp3) is 0.450. The second-order valence-electron chi connectivity index (χ2n) is 7.26. The van der Waals surface area contributed by atoms with E-state index in [1.165, 1.54) is 24.0 Å². The second-order valence-corrected chi connectivity index (χ2v) is 7.26. The molecule has 0 spiro atoms. The quantitative estimate of drug-likeness (QED) is 0.737. The molecular weight excluding hydrogens is 326 g/mol. The number of para-hydroxylation sites is 1. The van der Waals surface area contributed by atoms with Crippen LogP contribution in [0.1, 0.15) is 42.2 Å². The minimum Gasteiger partial charge on any atom is -0.426 e. The Kier molecular flexibility index (Phi) is 4.84. The molecular formula is C20H25N5O. The van der Waals surface area contributed by atoms with E-state index < -0.39 is 0 Å². The van der Waals surface area contributed by atoms with Gasteiger partial charge in [-0.2, -0.15) is 5.10 Å². The molecule has 3 aromatic rings. The first-order valence-corrected chi connectivity index (χ1v) is 9.29. The summed E-state index contributed by atoms with van der Waals surface area (Å²) >= 11 is 0. The van der Waals surface area contributed by atoms with Crippen molar-refractivity contribution in [3.8, 4) is 5.69 Å². The maximum Gasteiger partial charge on any atom is 0.216 e. The number of aromatic nitrogens is 4. The van der Waals surface area contributed by atoms with E-state index in [1.54, 1.807) is 0 Å². The van der Waals surface area contributed by atoms with Gasteiger partial charge in [-0.05, 0) is 43.7 Å². The van der Waals surface area contributed by atoms with Crippen molar-refractivity contribution in [2.24, 2.45) is 5.92 Å². The summed E-state index contributed by atoms with van der Waals surface area (Å²) in [5.41, 5.74) is 3.57. The number of rotatable bonds is 6. The Morgan fingerprint density at radius 1 is 1.19 bits per heavy atom. The number of benzene rings is 1. The molecule has 0 bridgehead atoms. The van der Waals surface area contributed by atoms with Gasteiger partial charge in [0.05, 0.1) is 11.9 Å². The fourth-order valence-corrected chi connectivity index (χ4v) is 3.78. The second kappa shape index (κ2) is 7.41. The van der Waals surface area contributed by atoms with Crippen LogP contribution in [-0.4, -0.2) is 26.0 Å². The summed E-state index contributed by atoms with van der Waals surface area (Å²) in [4.78, 5) is 0. The molecule has 1 aliphatic carbocycles. The Hall–Kier alpha value is -2.47. The minimum atomic E-state index is 0.547. The smallest absolute Gasteiger partial charge is 0.216 e. The van der Waals surface area contributed by atoms with Crippen molar-refractivity contribution in [2.45, 2.75) is 52.1 Å². The molecule has 1 aliphatic rings. The molecule has 2 aromatic heterocycles. The molecule has 0 radical (unpaired) electrons. The van der Waals surface area contributed by atoms with Crippen LogP contribution in [0.25, 0.3) is 5.69 Å². The summed E-state index contributed by atoms with van der Waals surface area (Å²) in [6, 6.07) is 8.85. The number of aryl methyl sites for hydroxylation is 2. The molecule has 1 fully saturated rings. The van der Waals surface area contributed by atoms with Crippen LogP contribution in [0.3, 0.4) is 0 Å². The summed E-state index contributed by atoms with van der Waals surface area (Å²) in [6.45, 7) is 4.80. The molecule has 0 saturated heterocycles. The highest BCUT2D eigenvalue weighted by atomic mass is 16.4. The maximum absolute atomic E-state index is 5.51. The average molecular weight is 351 g/mol. The zero-order valence-electron chi connectivity index (χ0n) is 15.4. The first-order valence-electron chi connectivity index (χ1n) is 9.29. The molecule has 0 unspecified atom stereocenters. The molecule has 6 nitrogen and oxygen atoms in total. The Morgan fingerprint density at radius 2 is 2.08 bits per heavy atom. The molecule has 1 aromatic carbocycles. The standard InChI is InChI=1S/C20H25N5O/c1-14-5-3-4-6-19(14)25-13-17(12-22-25)11-21-18-8-7-16(9-18)10-20-24-23-15(2)26-20/h3-6,12-13,16,18,21H,7-11H2,1-2H3/t16-,18+/m1/s1. The molecule has 1 saturated carbocycles. The van der Waals surface area contributed by atoms with Gasteiger partial charge >= 0.3 is 0 Å². The first kappa shape index (κ1) is 17.0. The van der Waals surface area contributed by atoms with Crippen LogP contribution in [0, 0.1) is 19.8 Å². The molecule has 0 amide bonds. The van der Waals surface area contributed by atoms with E-state index in [9.17, 15) is 0 Å². The summed E-state index contributed by atoms with van der Waals surface area (Å²) in [5, 5.41) is 16.2. The summed E-state index contributed by atoms with van der Waals surface area (Å²) < 4.78 is 7.47. The molecule has 2 atom stereocenters. The third-order valence-corrected chi connectivity index (χ3v) is 5.17. The van der Waals surface area contributed by atoms with E-state index in [2.05, 4.69) is 51.9 Å². The van der Waals surface area contributed by atoms with Crippen LogP contribution in [0.2, 0.25) is 0 Å². The zero-order chi connectivity index (χ0) is 17.9. The SMILES string of the molecule is Cc1nnc(C[C@@H]2CC[C@H](NCc3cnn(-c4ccccc4C)c3)C2)o1. The summed E-state index contributed by atoms with van der Waals surface area (Å²) in [5.74, 6) is 2.05. The van der Waals surface area contributed by atoms with Crippen molar-refractivity contribution in [1.82, 2.24) is 25.3 Å². The van der Waals surface area contributed by atoms with Crippen LogP contribution >= 0.6 is 0 Å². The molecule has 4 rings (SSSR count). The molecule has 136 valence electrons. The lowest BCUT2D eigenvalue weighted by molar-refractivity contribution is 0.409. The van der Waals surface area contributed by atoms with Crippen molar-refractivity contribution in [2.75, 3.05) is 0 Å². The summed E-state index contributed by atoms with van der Waals surface area (Å²) in [6.07, 6.45) is 8.53. The van der Waals surface area contributed by atoms with Crippen LogP contribution in [0.5, 0.6) is 0 Å². The first-order chi connectivity index (χ1) is 12.7. The fourth-order valence-electron chi connectivity index (χ4n) is 3.78. The molecule has 26 heavy (non-hydrogen) atoms. The van der Waals surface area contributed by atoms with Gasteiger partial charge in [-0.25, -0.2) is 4.68 Å². The molecule has 6 heteroatoms. The Morgan fingerprint density at radius 3 is 2.88 bits per heavy atom. The lowest BCUT2D eigenvalue weighted by Gasteiger charge is -2.12. The van der Waals surface area contributed by atoms with Gasteiger partial charge < -0.3 is 9.73 Å².